The van der Waals surface area contributed by atoms with Crippen molar-refractivity contribution in [3.63, 3.8) is 0 Å². The normalized spacial score (nSPS) is 11.3. The summed E-state index contributed by atoms with van der Waals surface area (Å²) in [6.07, 6.45) is 6.46. The summed E-state index contributed by atoms with van der Waals surface area (Å²) >= 11 is 0. The fourth-order valence-electron chi connectivity index (χ4n) is 2.11. The van der Waals surface area contributed by atoms with Gasteiger partial charge in [0.05, 0.1) is 27.1 Å². The van der Waals surface area contributed by atoms with Crippen LogP contribution in [-0.2, 0) is 13.1 Å². The highest BCUT2D eigenvalue weighted by Gasteiger charge is 2.04. The predicted molar refractivity (Wildman–Crippen MR) is 89.7 cm³/mol. The van der Waals surface area contributed by atoms with E-state index in [2.05, 4.69) is 15.3 Å². The maximum Gasteiger partial charge on any atom is 0.188 e. The van der Waals surface area contributed by atoms with Gasteiger partial charge in [0.1, 0.15) is 0 Å². The van der Waals surface area contributed by atoms with E-state index in [0.29, 0.717) is 24.0 Å². The van der Waals surface area contributed by atoms with Gasteiger partial charge in [-0.25, -0.2) is 9.98 Å². The Hall–Kier alpha value is -2.70. The Bertz CT molecular complexity index is 625. The Labute approximate surface area is 136 Å². The minimum atomic E-state index is 0.436. The molecule has 0 unspecified atom stereocenters. The third kappa shape index (κ3) is 5.21. The predicted octanol–water partition coefficient (Wildman–Crippen LogP) is 1.39. The molecule has 0 atom stereocenters. The zero-order chi connectivity index (χ0) is 16.5. The van der Waals surface area contributed by atoms with Gasteiger partial charge in [0.25, 0.3) is 0 Å². The molecule has 23 heavy (non-hydrogen) atoms. The van der Waals surface area contributed by atoms with E-state index in [1.807, 2.05) is 29.0 Å². The number of guanidine groups is 1. The molecule has 0 aliphatic carbocycles. The van der Waals surface area contributed by atoms with Crippen LogP contribution < -0.4 is 20.5 Å². The first-order valence-electron chi connectivity index (χ1n) is 7.43. The summed E-state index contributed by atoms with van der Waals surface area (Å²) in [4.78, 5) is 8.33. The monoisotopic (exact) mass is 317 g/mol. The number of rotatable bonds is 8. The lowest BCUT2D eigenvalue weighted by atomic mass is 10.2. The molecule has 1 aromatic carbocycles. The second-order valence-corrected chi connectivity index (χ2v) is 4.97. The Morgan fingerprint density at radius 2 is 2.13 bits per heavy atom. The van der Waals surface area contributed by atoms with Gasteiger partial charge in [-0.3, -0.25) is 0 Å². The standard InChI is InChI=1S/C16H23N5O2/c1-22-14-5-4-13(10-15(14)23-2)11-20-16(17)19-6-3-8-21-9-7-18-12-21/h4-5,7,9-10,12H,3,6,8,11H2,1-2H3,(H3,17,19,20). The molecule has 0 saturated heterocycles. The number of nitrogens with two attached hydrogens (primary N) is 1. The molecule has 0 amide bonds. The number of benzene rings is 1. The molecule has 2 rings (SSSR count). The topological polar surface area (TPSA) is 86.7 Å². The summed E-state index contributed by atoms with van der Waals surface area (Å²) < 4.78 is 12.5. The third-order valence-corrected chi connectivity index (χ3v) is 3.34. The van der Waals surface area contributed by atoms with Crippen LogP contribution in [-0.4, -0.2) is 36.3 Å². The number of aliphatic imine (C=N–C) groups is 1. The molecule has 0 spiro atoms. The number of hydrogen-bond donors (Lipinski definition) is 2. The quantitative estimate of drug-likeness (QED) is 0.436. The van der Waals surface area contributed by atoms with E-state index in [-0.39, 0.29) is 0 Å². The van der Waals surface area contributed by atoms with Gasteiger partial charge in [-0.05, 0) is 24.1 Å². The van der Waals surface area contributed by atoms with Gasteiger partial charge in [0.2, 0.25) is 0 Å². The molecule has 0 radical (unpaired) electrons. The lowest BCUT2D eigenvalue weighted by Crippen LogP contribution is -2.32. The van der Waals surface area contributed by atoms with E-state index in [9.17, 15) is 0 Å². The average Bonchev–Trinajstić information content (AvgIpc) is 3.10. The Morgan fingerprint density at radius 1 is 1.30 bits per heavy atom. The largest absolute Gasteiger partial charge is 0.493 e. The first-order chi connectivity index (χ1) is 11.2. The molecular weight excluding hydrogens is 294 g/mol. The van der Waals surface area contributed by atoms with Crippen molar-refractivity contribution in [1.29, 1.82) is 0 Å². The minimum Gasteiger partial charge on any atom is -0.493 e. The number of nitrogens with one attached hydrogen (secondary N) is 1. The van der Waals surface area contributed by atoms with Crippen LogP contribution in [0.15, 0.2) is 41.9 Å². The Morgan fingerprint density at radius 3 is 2.83 bits per heavy atom. The van der Waals surface area contributed by atoms with Crippen LogP contribution in [0.25, 0.3) is 0 Å². The summed E-state index contributed by atoms with van der Waals surface area (Å²) in [5.41, 5.74) is 6.88. The van der Waals surface area contributed by atoms with E-state index < -0.39 is 0 Å². The maximum absolute atomic E-state index is 5.87. The van der Waals surface area contributed by atoms with Crippen molar-refractivity contribution >= 4 is 5.96 Å². The molecule has 2 aromatic rings. The van der Waals surface area contributed by atoms with E-state index >= 15 is 0 Å². The van der Waals surface area contributed by atoms with Gasteiger partial charge in [-0.15, -0.1) is 0 Å². The lowest BCUT2D eigenvalue weighted by molar-refractivity contribution is 0.354. The zero-order valence-electron chi connectivity index (χ0n) is 13.5. The highest BCUT2D eigenvalue weighted by atomic mass is 16.5. The highest BCUT2D eigenvalue weighted by molar-refractivity contribution is 5.77. The van der Waals surface area contributed by atoms with Gasteiger partial charge in [-0.2, -0.15) is 0 Å². The van der Waals surface area contributed by atoms with Crippen LogP contribution in [0.5, 0.6) is 11.5 Å². The van der Waals surface area contributed by atoms with Crippen LogP contribution in [0.2, 0.25) is 0 Å². The SMILES string of the molecule is COc1ccc(CN=C(N)NCCCn2ccnc2)cc1OC. The number of aromatic nitrogens is 2. The zero-order valence-corrected chi connectivity index (χ0v) is 13.5. The smallest absolute Gasteiger partial charge is 0.188 e. The molecule has 0 aliphatic heterocycles. The van der Waals surface area contributed by atoms with Crippen molar-refractivity contribution in [2.24, 2.45) is 10.7 Å². The molecule has 0 saturated carbocycles. The number of ether oxygens (including phenoxy) is 2. The molecule has 1 aromatic heterocycles. The highest BCUT2D eigenvalue weighted by Crippen LogP contribution is 2.27. The summed E-state index contributed by atoms with van der Waals surface area (Å²) in [6, 6.07) is 5.70. The molecule has 7 heteroatoms. The molecule has 1 heterocycles. The fourth-order valence-corrected chi connectivity index (χ4v) is 2.11. The first kappa shape index (κ1) is 16.7. The molecule has 7 nitrogen and oxygen atoms in total. The van der Waals surface area contributed by atoms with Gasteiger partial charge in [0.15, 0.2) is 17.5 Å². The van der Waals surface area contributed by atoms with Crippen LogP contribution in [0, 0.1) is 0 Å². The second kappa shape index (κ2) is 8.67. The molecule has 124 valence electrons. The molecular formula is C16H23N5O2. The summed E-state index contributed by atoms with van der Waals surface area (Å²) in [5, 5.41) is 3.10. The van der Waals surface area contributed by atoms with E-state index in [1.54, 1.807) is 26.7 Å². The van der Waals surface area contributed by atoms with Crippen LogP contribution in [0.4, 0.5) is 0 Å². The van der Waals surface area contributed by atoms with Crippen LogP contribution >= 0.6 is 0 Å². The van der Waals surface area contributed by atoms with Crippen LogP contribution in [0.3, 0.4) is 0 Å². The number of aryl methyl sites for hydroxylation is 1. The summed E-state index contributed by atoms with van der Waals surface area (Å²) in [7, 11) is 3.22. The number of methoxy groups -OCH3 is 2. The van der Waals surface area contributed by atoms with E-state index in [1.165, 1.54) is 0 Å². The van der Waals surface area contributed by atoms with Gasteiger partial charge in [-0.1, -0.05) is 6.07 Å². The summed E-state index contributed by atoms with van der Waals surface area (Å²) in [6.45, 7) is 2.15. The third-order valence-electron chi connectivity index (χ3n) is 3.34. The van der Waals surface area contributed by atoms with Crippen LogP contribution in [0.1, 0.15) is 12.0 Å². The number of imidazole rings is 1. The molecule has 0 aliphatic rings. The Kier molecular flexibility index (Phi) is 6.28. The number of hydrogen-bond acceptors (Lipinski definition) is 4. The Balaban J connectivity index is 1.77. The van der Waals surface area contributed by atoms with Crippen molar-refractivity contribution < 1.29 is 9.47 Å². The molecule has 0 bridgehead atoms. The van der Waals surface area contributed by atoms with Crippen molar-refractivity contribution in [3.8, 4) is 11.5 Å². The lowest BCUT2D eigenvalue weighted by Gasteiger charge is -2.09. The van der Waals surface area contributed by atoms with Crippen molar-refractivity contribution in [3.05, 3.63) is 42.5 Å². The van der Waals surface area contributed by atoms with Gasteiger partial charge in [0, 0.05) is 25.5 Å². The molecule has 0 fully saturated rings. The number of nitrogens with zero attached hydrogens (tertiary/aromatic N) is 3. The minimum absolute atomic E-state index is 0.436. The molecule has 3 N–H and O–H groups in total. The second-order valence-electron chi connectivity index (χ2n) is 4.97. The van der Waals surface area contributed by atoms with Crippen molar-refractivity contribution in [2.75, 3.05) is 20.8 Å². The maximum atomic E-state index is 5.87. The van der Waals surface area contributed by atoms with Crippen molar-refractivity contribution in [2.45, 2.75) is 19.5 Å². The van der Waals surface area contributed by atoms with E-state index in [4.69, 9.17) is 15.2 Å². The fraction of sp³-hybridized carbons (Fsp3) is 0.375. The van der Waals surface area contributed by atoms with Gasteiger partial charge >= 0.3 is 0 Å². The van der Waals surface area contributed by atoms with Gasteiger partial charge < -0.3 is 25.1 Å². The summed E-state index contributed by atoms with van der Waals surface area (Å²) in [5.74, 6) is 1.82. The van der Waals surface area contributed by atoms with E-state index in [0.717, 1.165) is 25.1 Å². The average molecular weight is 317 g/mol. The van der Waals surface area contributed by atoms with Crippen molar-refractivity contribution in [1.82, 2.24) is 14.9 Å². The first-order valence-corrected chi connectivity index (χ1v) is 7.43.